The number of thioether (sulfide) groups is 1. The molecule has 0 bridgehead atoms. The first kappa shape index (κ1) is 16.5. The molecular weight excluding hydrogens is 320 g/mol. The smallest absolute Gasteiger partial charge is 0.277 e. The van der Waals surface area contributed by atoms with Gasteiger partial charge in [-0.3, -0.25) is 4.79 Å². The van der Waals surface area contributed by atoms with E-state index in [0.29, 0.717) is 16.7 Å². The third-order valence-corrected chi connectivity index (χ3v) is 4.65. The molecule has 0 spiro atoms. The van der Waals surface area contributed by atoms with Gasteiger partial charge in [0.25, 0.3) is 5.22 Å². The van der Waals surface area contributed by atoms with Crippen LogP contribution in [0, 0.1) is 0 Å². The van der Waals surface area contributed by atoms with Crippen molar-refractivity contribution in [2.75, 3.05) is 0 Å². The van der Waals surface area contributed by atoms with E-state index in [0.717, 1.165) is 12.0 Å². The Balaban J connectivity index is 1.69. The molecule has 0 aliphatic carbocycles. The summed E-state index contributed by atoms with van der Waals surface area (Å²) in [5.41, 5.74) is 2.79. The minimum Gasteiger partial charge on any atom is -0.411 e. The highest BCUT2D eigenvalue weighted by Gasteiger charge is 2.20. The predicted molar refractivity (Wildman–Crippen MR) is 95.2 cm³/mol. The minimum atomic E-state index is -0.290. The molecule has 1 atom stereocenters. The molecule has 4 nitrogen and oxygen atoms in total. The number of hydrogen-bond donors (Lipinski definition) is 0. The van der Waals surface area contributed by atoms with Crippen molar-refractivity contribution in [1.82, 2.24) is 10.2 Å². The van der Waals surface area contributed by atoms with Gasteiger partial charge in [-0.15, -0.1) is 10.2 Å². The Morgan fingerprint density at radius 2 is 1.79 bits per heavy atom. The maximum Gasteiger partial charge on any atom is 0.277 e. The van der Waals surface area contributed by atoms with E-state index in [1.807, 2.05) is 61.5 Å². The van der Waals surface area contributed by atoms with E-state index < -0.39 is 0 Å². The van der Waals surface area contributed by atoms with E-state index >= 15 is 0 Å². The number of carbonyl (C=O) groups is 1. The van der Waals surface area contributed by atoms with Crippen LogP contribution in [-0.2, 0) is 6.42 Å². The number of carbonyl (C=O) groups excluding carboxylic acids is 1. The zero-order chi connectivity index (χ0) is 16.9. The van der Waals surface area contributed by atoms with Gasteiger partial charge in [-0.1, -0.05) is 61.2 Å². The molecule has 0 N–H and O–H groups in total. The van der Waals surface area contributed by atoms with Crippen molar-refractivity contribution >= 4 is 17.5 Å². The Morgan fingerprint density at radius 1 is 1.08 bits per heavy atom. The molecule has 0 aliphatic heterocycles. The number of ketones is 1. The van der Waals surface area contributed by atoms with Crippen LogP contribution in [-0.4, -0.2) is 21.2 Å². The van der Waals surface area contributed by atoms with E-state index in [1.165, 1.54) is 17.3 Å². The number of rotatable bonds is 6. The fraction of sp³-hybridized carbons (Fsp3) is 0.211. The Hall–Kier alpha value is -2.40. The molecule has 1 aromatic heterocycles. The van der Waals surface area contributed by atoms with Gasteiger partial charge < -0.3 is 4.42 Å². The van der Waals surface area contributed by atoms with Crippen LogP contribution >= 0.6 is 11.8 Å². The molecule has 5 heteroatoms. The van der Waals surface area contributed by atoms with Crippen LogP contribution < -0.4 is 0 Å². The summed E-state index contributed by atoms with van der Waals surface area (Å²) in [5.74, 6) is 0.521. The van der Waals surface area contributed by atoms with Crippen LogP contribution in [0.25, 0.3) is 11.5 Å². The molecular formula is C19H18N2O2S. The molecule has 0 radical (unpaired) electrons. The highest BCUT2D eigenvalue weighted by molar-refractivity contribution is 8.00. The Bertz CT molecular complexity index is 813. The second kappa shape index (κ2) is 7.45. The van der Waals surface area contributed by atoms with Gasteiger partial charge in [-0.2, -0.15) is 0 Å². The van der Waals surface area contributed by atoms with E-state index in [4.69, 9.17) is 4.42 Å². The number of aryl methyl sites for hydroxylation is 1. The van der Waals surface area contributed by atoms with Crippen LogP contribution in [0.15, 0.2) is 64.2 Å². The molecule has 0 aliphatic rings. The van der Waals surface area contributed by atoms with Gasteiger partial charge >= 0.3 is 0 Å². The van der Waals surface area contributed by atoms with Crippen molar-refractivity contribution in [3.8, 4) is 11.5 Å². The topological polar surface area (TPSA) is 56.0 Å². The maximum absolute atomic E-state index is 12.5. The van der Waals surface area contributed by atoms with Crippen molar-refractivity contribution in [3.05, 3.63) is 65.7 Å². The van der Waals surface area contributed by atoms with E-state index in [9.17, 15) is 4.79 Å². The van der Waals surface area contributed by atoms with Crippen molar-refractivity contribution < 1.29 is 9.21 Å². The number of hydrogen-bond acceptors (Lipinski definition) is 5. The SMILES string of the molecule is CCc1ccc(C(=O)C(C)Sc2nnc(-c3ccccc3)o2)cc1. The molecule has 0 saturated carbocycles. The summed E-state index contributed by atoms with van der Waals surface area (Å²) >= 11 is 1.28. The van der Waals surface area contributed by atoms with Crippen molar-refractivity contribution in [3.63, 3.8) is 0 Å². The Kier molecular flexibility index (Phi) is 5.11. The lowest BCUT2D eigenvalue weighted by Gasteiger charge is -2.08. The minimum absolute atomic E-state index is 0.0575. The molecule has 2 aromatic carbocycles. The van der Waals surface area contributed by atoms with Gasteiger partial charge in [-0.25, -0.2) is 0 Å². The number of benzene rings is 2. The van der Waals surface area contributed by atoms with Crippen molar-refractivity contribution in [1.29, 1.82) is 0 Å². The van der Waals surface area contributed by atoms with Gasteiger partial charge in [-0.05, 0) is 31.0 Å². The summed E-state index contributed by atoms with van der Waals surface area (Å²) in [6, 6.07) is 17.3. The average Bonchev–Trinajstić information content (AvgIpc) is 3.10. The molecule has 122 valence electrons. The van der Waals surface area contributed by atoms with Crippen LogP contribution in [0.4, 0.5) is 0 Å². The van der Waals surface area contributed by atoms with Crippen LogP contribution in [0.3, 0.4) is 0 Å². The molecule has 24 heavy (non-hydrogen) atoms. The Labute approximate surface area is 145 Å². The average molecular weight is 338 g/mol. The van der Waals surface area contributed by atoms with E-state index in [2.05, 4.69) is 17.1 Å². The fourth-order valence-corrected chi connectivity index (χ4v) is 3.06. The van der Waals surface area contributed by atoms with Gasteiger partial charge in [0.05, 0.1) is 5.25 Å². The second-order valence-corrected chi connectivity index (χ2v) is 6.71. The third kappa shape index (κ3) is 3.74. The summed E-state index contributed by atoms with van der Waals surface area (Å²) in [7, 11) is 0. The monoisotopic (exact) mass is 338 g/mol. The summed E-state index contributed by atoms with van der Waals surface area (Å²) in [5, 5.41) is 8.19. The van der Waals surface area contributed by atoms with E-state index in [-0.39, 0.29) is 11.0 Å². The Morgan fingerprint density at radius 3 is 2.46 bits per heavy atom. The fourth-order valence-electron chi connectivity index (χ4n) is 2.30. The normalized spacial score (nSPS) is 12.1. The molecule has 1 heterocycles. The van der Waals surface area contributed by atoms with Gasteiger partial charge in [0, 0.05) is 11.1 Å². The molecule has 1 unspecified atom stereocenters. The highest BCUT2D eigenvalue weighted by atomic mass is 32.2. The quantitative estimate of drug-likeness (QED) is 0.483. The van der Waals surface area contributed by atoms with Crippen LogP contribution in [0.1, 0.15) is 29.8 Å². The molecule has 0 saturated heterocycles. The summed E-state index contributed by atoms with van der Waals surface area (Å²) in [6.45, 7) is 3.95. The van der Waals surface area contributed by atoms with Crippen LogP contribution in [0.2, 0.25) is 0 Å². The lowest BCUT2D eigenvalue weighted by molar-refractivity contribution is 0.0993. The largest absolute Gasteiger partial charge is 0.411 e. The lowest BCUT2D eigenvalue weighted by Crippen LogP contribution is -2.13. The molecule has 3 aromatic rings. The predicted octanol–water partition coefficient (Wildman–Crippen LogP) is 4.66. The molecule has 0 fully saturated rings. The number of Topliss-reactive ketones (excluding diaryl/α,β-unsaturated/α-hetero) is 1. The summed E-state index contributed by atoms with van der Waals surface area (Å²) in [6.07, 6.45) is 0.961. The molecule has 0 amide bonds. The zero-order valence-electron chi connectivity index (χ0n) is 13.6. The molecule has 3 rings (SSSR count). The van der Waals surface area contributed by atoms with E-state index in [1.54, 1.807) is 0 Å². The first-order valence-corrected chi connectivity index (χ1v) is 8.74. The van der Waals surface area contributed by atoms with Gasteiger partial charge in [0.15, 0.2) is 5.78 Å². The zero-order valence-corrected chi connectivity index (χ0v) is 14.4. The van der Waals surface area contributed by atoms with Gasteiger partial charge in [0.1, 0.15) is 0 Å². The second-order valence-electron chi connectivity index (χ2n) is 5.41. The first-order valence-electron chi connectivity index (χ1n) is 7.86. The van der Waals surface area contributed by atoms with Gasteiger partial charge in [0.2, 0.25) is 5.89 Å². The third-order valence-electron chi connectivity index (χ3n) is 3.72. The lowest BCUT2D eigenvalue weighted by atomic mass is 10.1. The van der Waals surface area contributed by atoms with Crippen molar-refractivity contribution in [2.45, 2.75) is 30.7 Å². The number of nitrogens with zero attached hydrogens (tertiary/aromatic N) is 2. The standard InChI is InChI=1S/C19H18N2O2S/c1-3-14-9-11-15(12-10-14)17(22)13(2)24-19-21-20-18(23-19)16-7-5-4-6-8-16/h4-13H,3H2,1-2H3. The maximum atomic E-state index is 12.5. The van der Waals surface area contributed by atoms with Crippen molar-refractivity contribution in [2.24, 2.45) is 0 Å². The first-order chi connectivity index (χ1) is 11.7. The summed E-state index contributed by atoms with van der Waals surface area (Å²) in [4.78, 5) is 12.5. The highest BCUT2D eigenvalue weighted by Crippen LogP contribution is 2.27. The van der Waals surface area contributed by atoms with Crippen LogP contribution in [0.5, 0.6) is 0 Å². The number of aromatic nitrogens is 2. The summed E-state index contributed by atoms with van der Waals surface area (Å²) < 4.78 is 5.65.